The molecule has 0 spiro atoms. The molecule has 0 bridgehead atoms. The highest BCUT2D eigenvalue weighted by molar-refractivity contribution is 7.89. The molecule has 3 aromatic rings. The Morgan fingerprint density at radius 1 is 1.15 bits per heavy atom. The first-order valence-electron chi connectivity index (χ1n) is 11.9. The number of nitrogens with two attached hydrogens (primary N) is 1. The standard InChI is InChI=1S/C24H30N6O3S/c25-34(32,33)19-9-7-17(8-10-19)11-12-27-24(31)18-4-3-14-29(16-18)23-22-20-5-1-2-6-21(20)28-30(22)15-13-26-23/h7-10,13,15,18H,1-6,11-12,14,16H2,(H,27,31)(H2,25,32,33). The molecule has 3 N–H and O–H groups in total. The lowest BCUT2D eigenvalue weighted by Gasteiger charge is -2.33. The highest BCUT2D eigenvalue weighted by Gasteiger charge is 2.29. The van der Waals surface area contributed by atoms with Crippen molar-refractivity contribution in [3.05, 3.63) is 53.5 Å². The van der Waals surface area contributed by atoms with Crippen molar-refractivity contribution < 1.29 is 13.2 Å². The monoisotopic (exact) mass is 482 g/mol. The fraction of sp³-hybridized carbons (Fsp3) is 0.458. The summed E-state index contributed by atoms with van der Waals surface area (Å²) < 4.78 is 24.7. The molecule has 0 radical (unpaired) electrons. The Hall–Kier alpha value is -2.98. The van der Waals surface area contributed by atoms with Crippen molar-refractivity contribution in [1.82, 2.24) is 19.9 Å². The quantitative estimate of drug-likeness (QED) is 0.553. The van der Waals surface area contributed by atoms with Gasteiger partial charge < -0.3 is 10.2 Å². The van der Waals surface area contributed by atoms with Crippen LogP contribution in [-0.4, -0.2) is 48.6 Å². The van der Waals surface area contributed by atoms with Gasteiger partial charge in [0.15, 0.2) is 5.82 Å². The van der Waals surface area contributed by atoms with E-state index in [1.165, 1.54) is 36.2 Å². The maximum Gasteiger partial charge on any atom is 0.238 e. The van der Waals surface area contributed by atoms with Gasteiger partial charge in [-0.3, -0.25) is 4.79 Å². The second kappa shape index (κ2) is 9.34. The summed E-state index contributed by atoms with van der Waals surface area (Å²) >= 11 is 0. The molecule has 180 valence electrons. The Bertz CT molecular complexity index is 1300. The molecule has 1 aliphatic heterocycles. The third kappa shape index (κ3) is 4.65. The Morgan fingerprint density at radius 2 is 1.94 bits per heavy atom. The SMILES string of the molecule is NS(=O)(=O)c1ccc(CCNC(=O)C2CCCN(c3nccn4nc5c(c34)CCCC5)C2)cc1. The molecule has 2 aromatic heterocycles. The number of sulfonamides is 1. The van der Waals surface area contributed by atoms with Crippen molar-refractivity contribution in [2.24, 2.45) is 11.1 Å². The number of aryl methyl sites for hydroxylation is 2. The van der Waals surface area contributed by atoms with E-state index in [0.29, 0.717) is 19.5 Å². The number of primary sulfonamides is 1. The van der Waals surface area contributed by atoms with Gasteiger partial charge in [-0.05, 0) is 62.6 Å². The van der Waals surface area contributed by atoms with Crippen molar-refractivity contribution in [2.45, 2.75) is 49.8 Å². The van der Waals surface area contributed by atoms with Crippen LogP contribution in [-0.2, 0) is 34.1 Å². The average molecular weight is 483 g/mol. The van der Waals surface area contributed by atoms with E-state index in [1.54, 1.807) is 18.3 Å². The minimum atomic E-state index is -3.70. The molecule has 1 amide bonds. The highest BCUT2D eigenvalue weighted by atomic mass is 32.2. The molecular formula is C24H30N6O3S. The molecule has 1 unspecified atom stereocenters. The van der Waals surface area contributed by atoms with Gasteiger partial charge in [0.1, 0.15) is 5.52 Å². The number of hydrogen-bond donors (Lipinski definition) is 2. The smallest absolute Gasteiger partial charge is 0.238 e. The van der Waals surface area contributed by atoms with Crippen LogP contribution in [0.2, 0.25) is 0 Å². The van der Waals surface area contributed by atoms with E-state index in [0.717, 1.165) is 49.1 Å². The summed E-state index contributed by atoms with van der Waals surface area (Å²) in [6, 6.07) is 6.45. The first kappa shape index (κ1) is 22.8. The number of nitrogens with zero attached hydrogens (tertiary/aromatic N) is 4. The molecular weight excluding hydrogens is 452 g/mol. The van der Waals surface area contributed by atoms with Gasteiger partial charge in [-0.15, -0.1) is 0 Å². The zero-order chi connectivity index (χ0) is 23.7. The number of amides is 1. The maximum atomic E-state index is 12.9. The number of anilines is 1. The average Bonchev–Trinajstić information content (AvgIpc) is 3.23. The Kier molecular flexibility index (Phi) is 6.26. The van der Waals surface area contributed by atoms with E-state index in [-0.39, 0.29) is 16.7 Å². The topological polar surface area (TPSA) is 123 Å². The Labute approximate surface area is 199 Å². The first-order valence-corrected chi connectivity index (χ1v) is 13.4. The summed E-state index contributed by atoms with van der Waals surface area (Å²) in [4.78, 5) is 20.0. The number of benzene rings is 1. The van der Waals surface area contributed by atoms with Crippen molar-refractivity contribution in [3.63, 3.8) is 0 Å². The van der Waals surface area contributed by atoms with E-state index in [4.69, 9.17) is 15.2 Å². The molecule has 1 aliphatic carbocycles. The van der Waals surface area contributed by atoms with Crippen LogP contribution in [0.4, 0.5) is 5.82 Å². The highest BCUT2D eigenvalue weighted by Crippen LogP contribution is 2.32. The Morgan fingerprint density at radius 3 is 2.74 bits per heavy atom. The lowest BCUT2D eigenvalue weighted by atomic mass is 9.95. The molecule has 34 heavy (non-hydrogen) atoms. The van der Waals surface area contributed by atoms with Gasteiger partial charge in [0.2, 0.25) is 15.9 Å². The largest absolute Gasteiger partial charge is 0.355 e. The van der Waals surface area contributed by atoms with Crippen molar-refractivity contribution in [2.75, 3.05) is 24.5 Å². The van der Waals surface area contributed by atoms with Crippen LogP contribution < -0.4 is 15.4 Å². The molecule has 0 saturated carbocycles. The molecule has 5 rings (SSSR count). The molecule has 3 heterocycles. The minimum Gasteiger partial charge on any atom is -0.355 e. The molecule has 10 heteroatoms. The molecule has 9 nitrogen and oxygen atoms in total. The number of carbonyl (C=O) groups excluding carboxylic acids is 1. The van der Waals surface area contributed by atoms with Crippen LogP contribution in [0.15, 0.2) is 41.6 Å². The van der Waals surface area contributed by atoms with Crippen LogP contribution in [0.3, 0.4) is 0 Å². The summed E-state index contributed by atoms with van der Waals surface area (Å²) in [5.41, 5.74) is 4.54. The molecule has 1 aromatic carbocycles. The summed E-state index contributed by atoms with van der Waals surface area (Å²) in [6.07, 6.45) is 10.5. The third-order valence-electron chi connectivity index (χ3n) is 6.86. The van der Waals surface area contributed by atoms with Crippen molar-refractivity contribution >= 4 is 27.3 Å². The maximum absolute atomic E-state index is 12.9. The minimum absolute atomic E-state index is 0.0494. The van der Waals surface area contributed by atoms with Crippen LogP contribution in [0.1, 0.15) is 42.5 Å². The number of piperidine rings is 1. The number of carbonyl (C=O) groups is 1. The van der Waals surface area contributed by atoms with E-state index < -0.39 is 10.0 Å². The molecule has 1 atom stereocenters. The summed E-state index contributed by atoms with van der Waals surface area (Å²) in [7, 11) is -3.70. The van der Waals surface area contributed by atoms with Gasteiger partial charge in [0.05, 0.1) is 16.5 Å². The number of hydrogen-bond acceptors (Lipinski definition) is 6. The number of aromatic nitrogens is 3. The first-order chi connectivity index (χ1) is 16.4. The second-order valence-electron chi connectivity index (χ2n) is 9.19. The predicted octanol–water partition coefficient (Wildman–Crippen LogP) is 1.83. The van der Waals surface area contributed by atoms with Gasteiger partial charge in [0, 0.05) is 37.6 Å². The van der Waals surface area contributed by atoms with Crippen LogP contribution in [0, 0.1) is 5.92 Å². The molecule has 2 aliphatic rings. The van der Waals surface area contributed by atoms with Crippen molar-refractivity contribution in [3.8, 4) is 0 Å². The van der Waals surface area contributed by atoms with Crippen LogP contribution >= 0.6 is 0 Å². The zero-order valence-corrected chi connectivity index (χ0v) is 19.9. The van der Waals surface area contributed by atoms with E-state index in [9.17, 15) is 13.2 Å². The lowest BCUT2D eigenvalue weighted by Crippen LogP contribution is -2.44. The van der Waals surface area contributed by atoms with Crippen LogP contribution in [0.5, 0.6) is 0 Å². The summed E-state index contributed by atoms with van der Waals surface area (Å²) in [5, 5.41) is 13.0. The van der Waals surface area contributed by atoms with Gasteiger partial charge in [-0.2, -0.15) is 5.10 Å². The number of nitrogens with one attached hydrogen (secondary N) is 1. The fourth-order valence-electron chi connectivity index (χ4n) is 5.08. The predicted molar refractivity (Wildman–Crippen MR) is 129 cm³/mol. The van der Waals surface area contributed by atoms with Crippen molar-refractivity contribution in [1.29, 1.82) is 0 Å². The van der Waals surface area contributed by atoms with E-state index in [1.807, 2.05) is 10.7 Å². The van der Waals surface area contributed by atoms with Gasteiger partial charge in [-0.25, -0.2) is 23.1 Å². The summed E-state index contributed by atoms with van der Waals surface area (Å²) in [5.74, 6) is 0.887. The molecule has 1 saturated heterocycles. The van der Waals surface area contributed by atoms with Gasteiger partial charge in [0.25, 0.3) is 0 Å². The van der Waals surface area contributed by atoms with E-state index in [2.05, 4.69) is 10.2 Å². The lowest BCUT2D eigenvalue weighted by molar-refractivity contribution is -0.125. The Balaban J connectivity index is 1.23. The fourth-order valence-corrected chi connectivity index (χ4v) is 5.60. The summed E-state index contributed by atoms with van der Waals surface area (Å²) in [6.45, 7) is 2.02. The van der Waals surface area contributed by atoms with Gasteiger partial charge >= 0.3 is 0 Å². The third-order valence-corrected chi connectivity index (χ3v) is 7.78. The zero-order valence-electron chi connectivity index (χ0n) is 19.1. The number of fused-ring (bicyclic) bond motifs is 3. The molecule has 1 fully saturated rings. The van der Waals surface area contributed by atoms with E-state index >= 15 is 0 Å². The normalized spacial score (nSPS) is 18.6. The second-order valence-corrected chi connectivity index (χ2v) is 10.8. The number of rotatable bonds is 6. The van der Waals surface area contributed by atoms with Gasteiger partial charge in [-0.1, -0.05) is 12.1 Å². The van der Waals surface area contributed by atoms with Crippen LogP contribution in [0.25, 0.3) is 5.52 Å².